The number of para-hydroxylation sites is 1. The molecule has 110 valence electrons. The summed E-state index contributed by atoms with van der Waals surface area (Å²) in [6.45, 7) is -0.318. The molecule has 0 aliphatic carbocycles. The molecule has 0 unspecified atom stereocenters. The summed E-state index contributed by atoms with van der Waals surface area (Å²) in [6, 6.07) is 8.64. The van der Waals surface area contributed by atoms with Gasteiger partial charge in [0.15, 0.2) is 23.3 Å². The first kappa shape index (κ1) is 14.8. The number of anilines is 2. The third kappa shape index (κ3) is 3.50. The third-order valence-electron chi connectivity index (χ3n) is 2.60. The van der Waals surface area contributed by atoms with Gasteiger partial charge in [-0.1, -0.05) is 18.2 Å². The average molecular weight is 298 g/mol. The third-order valence-corrected chi connectivity index (χ3v) is 2.60. The number of amides is 1. The smallest absolute Gasteiger partial charge is 0.243 e. The van der Waals surface area contributed by atoms with Crippen LogP contribution in [-0.2, 0) is 4.79 Å². The zero-order valence-corrected chi connectivity index (χ0v) is 10.6. The van der Waals surface area contributed by atoms with Gasteiger partial charge >= 0.3 is 0 Å². The zero-order chi connectivity index (χ0) is 15.4. The van der Waals surface area contributed by atoms with Crippen molar-refractivity contribution >= 4 is 17.3 Å². The summed E-state index contributed by atoms with van der Waals surface area (Å²) in [5, 5.41) is 4.49. The van der Waals surface area contributed by atoms with E-state index in [2.05, 4.69) is 5.32 Å². The second kappa shape index (κ2) is 6.25. The predicted molar refractivity (Wildman–Crippen MR) is 69.8 cm³/mol. The summed E-state index contributed by atoms with van der Waals surface area (Å²) in [7, 11) is 0. The number of halogens is 4. The molecule has 0 fully saturated rings. The van der Waals surface area contributed by atoms with Crippen molar-refractivity contribution in [3.63, 3.8) is 0 Å². The minimum Gasteiger partial charge on any atom is -0.376 e. The minimum atomic E-state index is -1.65. The molecule has 2 rings (SSSR count). The number of carbonyl (C=O) groups excluding carboxylic acids is 1. The van der Waals surface area contributed by atoms with Crippen LogP contribution in [0.3, 0.4) is 0 Å². The number of benzene rings is 2. The van der Waals surface area contributed by atoms with Crippen LogP contribution in [0.25, 0.3) is 0 Å². The molecule has 7 heteroatoms. The van der Waals surface area contributed by atoms with Gasteiger partial charge in [-0.3, -0.25) is 4.79 Å². The zero-order valence-electron chi connectivity index (χ0n) is 10.6. The first-order chi connectivity index (χ1) is 9.99. The molecule has 21 heavy (non-hydrogen) atoms. The summed E-state index contributed by atoms with van der Waals surface area (Å²) in [6.07, 6.45) is 0. The summed E-state index contributed by atoms with van der Waals surface area (Å²) in [4.78, 5) is 11.6. The van der Waals surface area contributed by atoms with E-state index in [0.717, 1.165) is 0 Å². The Morgan fingerprint density at radius 1 is 0.952 bits per heavy atom. The molecule has 3 nitrogen and oxygen atoms in total. The lowest BCUT2D eigenvalue weighted by atomic mass is 10.2. The maximum Gasteiger partial charge on any atom is 0.243 e. The summed E-state index contributed by atoms with van der Waals surface area (Å²) >= 11 is 0. The van der Waals surface area contributed by atoms with Crippen molar-refractivity contribution in [2.24, 2.45) is 0 Å². The van der Waals surface area contributed by atoms with Crippen molar-refractivity contribution in [3.8, 4) is 0 Å². The van der Waals surface area contributed by atoms with Gasteiger partial charge in [-0.25, -0.2) is 17.6 Å². The van der Waals surface area contributed by atoms with Crippen molar-refractivity contribution in [1.29, 1.82) is 0 Å². The topological polar surface area (TPSA) is 41.1 Å². The van der Waals surface area contributed by atoms with E-state index >= 15 is 0 Å². The molecule has 0 aromatic heterocycles. The normalized spacial score (nSPS) is 10.3. The fourth-order valence-corrected chi connectivity index (χ4v) is 1.60. The van der Waals surface area contributed by atoms with E-state index in [4.69, 9.17) is 0 Å². The van der Waals surface area contributed by atoms with Crippen LogP contribution in [0.2, 0.25) is 0 Å². The molecule has 1 amide bonds. The highest BCUT2D eigenvalue weighted by Crippen LogP contribution is 2.24. The molecular weight excluding hydrogens is 288 g/mol. The molecular formula is C14H10F4N2O. The number of hydrogen-bond donors (Lipinski definition) is 2. The summed E-state index contributed by atoms with van der Waals surface area (Å²) < 4.78 is 52.6. The maximum absolute atomic E-state index is 13.3. The van der Waals surface area contributed by atoms with Crippen LogP contribution >= 0.6 is 0 Å². The van der Waals surface area contributed by atoms with E-state index in [9.17, 15) is 22.4 Å². The lowest BCUT2D eigenvalue weighted by Gasteiger charge is -2.10. The lowest BCUT2D eigenvalue weighted by Crippen LogP contribution is -2.23. The Balaban J connectivity index is 2.07. The van der Waals surface area contributed by atoms with E-state index < -0.39 is 34.9 Å². The highest BCUT2D eigenvalue weighted by molar-refractivity contribution is 5.94. The van der Waals surface area contributed by atoms with Crippen LogP contribution in [0.1, 0.15) is 0 Å². The van der Waals surface area contributed by atoms with Crippen molar-refractivity contribution in [2.75, 3.05) is 17.2 Å². The molecule has 2 aromatic rings. The lowest BCUT2D eigenvalue weighted by molar-refractivity contribution is -0.114. The fourth-order valence-electron chi connectivity index (χ4n) is 1.60. The number of rotatable bonds is 4. The van der Waals surface area contributed by atoms with Gasteiger partial charge in [-0.15, -0.1) is 0 Å². The molecule has 0 saturated heterocycles. The Hall–Kier alpha value is -2.57. The molecule has 0 atom stereocenters. The standard InChI is InChI=1S/C14H10F4N2O/c15-9-6-10(16)13(18)14(12(9)17)20-11(21)7-19-8-4-2-1-3-5-8/h1-6,19H,7H2,(H,20,21). The molecule has 0 heterocycles. The molecule has 0 aliphatic heterocycles. The monoisotopic (exact) mass is 298 g/mol. The van der Waals surface area contributed by atoms with Crippen molar-refractivity contribution in [1.82, 2.24) is 0 Å². The molecule has 0 aliphatic rings. The first-order valence-electron chi connectivity index (χ1n) is 5.91. The van der Waals surface area contributed by atoms with Crippen molar-refractivity contribution in [2.45, 2.75) is 0 Å². The average Bonchev–Trinajstić information content (AvgIpc) is 2.48. The van der Waals surface area contributed by atoms with Gasteiger partial charge in [0.2, 0.25) is 5.91 Å². The van der Waals surface area contributed by atoms with Crippen molar-refractivity contribution in [3.05, 3.63) is 59.7 Å². The van der Waals surface area contributed by atoms with E-state index in [-0.39, 0.29) is 12.6 Å². The van der Waals surface area contributed by atoms with Crippen LogP contribution in [0, 0.1) is 23.3 Å². The summed E-state index contributed by atoms with van der Waals surface area (Å²) in [5.41, 5.74) is -0.536. The van der Waals surface area contributed by atoms with Crippen LogP contribution in [-0.4, -0.2) is 12.5 Å². The maximum atomic E-state index is 13.3. The quantitative estimate of drug-likeness (QED) is 0.672. The van der Waals surface area contributed by atoms with E-state index in [0.29, 0.717) is 5.69 Å². The molecule has 0 bridgehead atoms. The van der Waals surface area contributed by atoms with E-state index in [1.807, 2.05) is 0 Å². The molecule has 2 aromatic carbocycles. The Labute approximate surface area is 117 Å². The molecule has 0 radical (unpaired) electrons. The molecule has 0 saturated carbocycles. The highest BCUT2D eigenvalue weighted by Gasteiger charge is 2.20. The Morgan fingerprint density at radius 2 is 1.52 bits per heavy atom. The van der Waals surface area contributed by atoms with Gasteiger partial charge in [-0.05, 0) is 12.1 Å². The van der Waals surface area contributed by atoms with Crippen molar-refractivity contribution < 1.29 is 22.4 Å². The number of nitrogens with one attached hydrogen (secondary N) is 2. The van der Waals surface area contributed by atoms with Gasteiger partial charge in [-0.2, -0.15) is 0 Å². The van der Waals surface area contributed by atoms with E-state index in [1.54, 1.807) is 35.6 Å². The summed E-state index contributed by atoms with van der Waals surface area (Å²) in [5.74, 6) is -7.31. The number of carbonyl (C=O) groups is 1. The van der Waals surface area contributed by atoms with Gasteiger partial charge in [0, 0.05) is 11.8 Å². The number of hydrogen-bond acceptors (Lipinski definition) is 2. The van der Waals surface area contributed by atoms with Gasteiger partial charge in [0.25, 0.3) is 0 Å². The molecule has 2 N–H and O–H groups in total. The van der Waals surface area contributed by atoms with Crippen LogP contribution in [0.5, 0.6) is 0 Å². The van der Waals surface area contributed by atoms with Gasteiger partial charge in [0.05, 0.1) is 6.54 Å². The minimum absolute atomic E-state index is 0.0720. The molecule has 0 spiro atoms. The van der Waals surface area contributed by atoms with Gasteiger partial charge in [0.1, 0.15) is 5.69 Å². The van der Waals surface area contributed by atoms with E-state index in [1.165, 1.54) is 0 Å². The van der Waals surface area contributed by atoms with Crippen LogP contribution in [0.15, 0.2) is 36.4 Å². The fraction of sp³-hybridized carbons (Fsp3) is 0.0714. The second-order valence-electron chi connectivity index (χ2n) is 4.11. The van der Waals surface area contributed by atoms with Gasteiger partial charge < -0.3 is 10.6 Å². The Morgan fingerprint density at radius 3 is 2.10 bits per heavy atom. The van der Waals surface area contributed by atoms with Crippen LogP contribution < -0.4 is 10.6 Å². The van der Waals surface area contributed by atoms with Crippen LogP contribution in [0.4, 0.5) is 28.9 Å². The largest absolute Gasteiger partial charge is 0.376 e. The highest BCUT2D eigenvalue weighted by atomic mass is 19.2. The Kier molecular flexibility index (Phi) is 4.42. The first-order valence-corrected chi connectivity index (χ1v) is 5.91. The second-order valence-corrected chi connectivity index (χ2v) is 4.11. The Bertz CT molecular complexity index is 636. The predicted octanol–water partition coefficient (Wildman–Crippen LogP) is 3.29. The SMILES string of the molecule is O=C(CNc1ccccc1)Nc1c(F)c(F)cc(F)c1F.